The van der Waals surface area contributed by atoms with Gasteiger partial charge in [0.25, 0.3) is 0 Å². The molecule has 194 valence electrons. The molecule has 5 rings (SSSR count). The fraction of sp³-hybridized carbons (Fsp3) is 0.385. The van der Waals surface area contributed by atoms with E-state index in [0.717, 1.165) is 23.6 Å². The minimum absolute atomic E-state index is 0.0361. The smallest absolute Gasteiger partial charge is 0.211 e. The Morgan fingerprint density at radius 1 is 1.14 bits per heavy atom. The number of aromatic nitrogens is 5. The summed E-state index contributed by atoms with van der Waals surface area (Å²) in [6, 6.07) is 8.25. The number of sulfonamides is 1. The molecular formula is C26H30ClN7O2S. The van der Waals surface area contributed by atoms with Crippen LogP contribution < -0.4 is 5.32 Å². The molecule has 0 radical (unpaired) electrons. The average molecular weight is 540 g/mol. The van der Waals surface area contributed by atoms with Crippen molar-refractivity contribution in [1.82, 2.24) is 29.0 Å². The molecule has 3 heterocycles. The highest BCUT2D eigenvalue weighted by atomic mass is 35.5. The highest BCUT2D eigenvalue weighted by Crippen LogP contribution is 2.44. The number of nitrogens with one attached hydrogen (secondary N) is 1. The van der Waals surface area contributed by atoms with Gasteiger partial charge in [0.15, 0.2) is 11.0 Å². The predicted molar refractivity (Wildman–Crippen MR) is 147 cm³/mol. The van der Waals surface area contributed by atoms with E-state index in [-0.39, 0.29) is 6.04 Å². The van der Waals surface area contributed by atoms with Gasteiger partial charge in [0.2, 0.25) is 10.0 Å². The Bertz CT molecular complexity index is 1580. The second-order valence-electron chi connectivity index (χ2n) is 10.0. The number of halogens is 1. The van der Waals surface area contributed by atoms with E-state index in [1.807, 2.05) is 6.20 Å². The van der Waals surface area contributed by atoms with E-state index in [1.165, 1.54) is 21.7 Å². The van der Waals surface area contributed by atoms with Gasteiger partial charge in [0.1, 0.15) is 11.6 Å². The third kappa shape index (κ3) is 5.05. The molecule has 0 saturated heterocycles. The molecule has 0 spiro atoms. The molecule has 9 nitrogen and oxygen atoms in total. The summed E-state index contributed by atoms with van der Waals surface area (Å²) in [6.07, 6.45) is 8.24. The fourth-order valence-corrected chi connectivity index (χ4v) is 5.89. The van der Waals surface area contributed by atoms with Crippen molar-refractivity contribution in [3.8, 4) is 11.4 Å². The number of benzene rings is 1. The summed E-state index contributed by atoms with van der Waals surface area (Å²) in [5.41, 5.74) is 3.11. The van der Waals surface area contributed by atoms with Crippen molar-refractivity contribution >= 4 is 44.0 Å². The van der Waals surface area contributed by atoms with E-state index in [9.17, 15) is 8.42 Å². The topological polar surface area (TPSA) is 106 Å². The second-order valence-corrected chi connectivity index (χ2v) is 12.4. The maximum absolute atomic E-state index is 11.9. The lowest BCUT2D eigenvalue weighted by atomic mass is 9.74. The maximum Gasteiger partial charge on any atom is 0.211 e. The van der Waals surface area contributed by atoms with E-state index in [2.05, 4.69) is 52.4 Å². The molecule has 0 unspecified atom stereocenters. The summed E-state index contributed by atoms with van der Waals surface area (Å²) in [5.74, 6) is 2.39. The summed E-state index contributed by atoms with van der Waals surface area (Å²) in [7, 11) is 0.263. The van der Waals surface area contributed by atoms with Crippen LogP contribution in [0.5, 0.6) is 0 Å². The number of fused-ring (bicyclic) bond motifs is 1. The third-order valence-corrected chi connectivity index (χ3v) is 8.74. The van der Waals surface area contributed by atoms with Crippen LogP contribution >= 0.6 is 11.6 Å². The van der Waals surface area contributed by atoms with Crippen molar-refractivity contribution in [3.05, 3.63) is 59.1 Å². The van der Waals surface area contributed by atoms with Crippen LogP contribution in [0.1, 0.15) is 49.7 Å². The Balaban J connectivity index is 1.45. The Morgan fingerprint density at radius 2 is 1.89 bits per heavy atom. The Labute approximate surface area is 222 Å². The van der Waals surface area contributed by atoms with Crippen LogP contribution in [0.2, 0.25) is 5.15 Å². The lowest BCUT2D eigenvalue weighted by Gasteiger charge is -2.40. The molecule has 1 saturated carbocycles. The number of nitrogens with zero attached hydrogens (tertiary/aromatic N) is 6. The number of pyridine rings is 1. The lowest BCUT2D eigenvalue weighted by molar-refractivity contribution is 0.217. The minimum atomic E-state index is -3.20. The van der Waals surface area contributed by atoms with Gasteiger partial charge in [0.05, 0.1) is 11.8 Å². The number of hydrogen-bond donors (Lipinski definition) is 1. The van der Waals surface area contributed by atoms with Crippen molar-refractivity contribution in [1.29, 1.82) is 0 Å². The summed E-state index contributed by atoms with van der Waals surface area (Å²) in [4.78, 5) is 13.7. The molecular weight excluding hydrogens is 510 g/mol. The first-order valence-electron chi connectivity index (χ1n) is 12.2. The van der Waals surface area contributed by atoms with Crippen LogP contribution in [0, 0.1) is 0 Å². The van der Waals surface area contributed by atoms with Crippen LogP contribution in [-0.4, -0.2) is 56.8 Å². The molecule has 37 heavy (non-hydrogen) atoms. The van der Waals surface area contributed by atoms with Gasteiger partial charge in [-0.3, -0.25) is 4.68 Å². The molecule has 0 amide bonds. The van der Waals surface area contributed by atoms with Crippen LogP contribution in [0.25, 0.3) is 22.2 Å². The van der Waals surface area contributed by atoms with E-state index in [4.69, 9.17) is 16.6 Å². The van der Waals surface area contributed by atoms with Gasteiger partial charge < -0.3 is 5.32 Å². The highest BCUT2D eigenvalue weighted by molar-refractivity contribution is 7.88. The predicted octanol–water partition coefficient (Wildman–Crippen LogP) is 5.08. The molecule has 1 aromatic carbocycles. The summed E-state index contributed by atoms with van der Waals surface area (Å²) < 4.78 is 27.0. The highest BCUT2D eigenvalue weighted by Gasteiger charge is 2.37. The molecule has 11 heteroatoms. The zero-order chi connectivity index (χ0) is 26.5. The zero-order valence-electron chi connectivity index (χ0n) is 21.5. The van der Waals surface area contributed by atoms with Crippen molar-refractivity contribution in [2.45, 2.75) is 44.6 Å². The first kappa shape index (κ1) is 25.6. The Morgan fingerprint density at radius 3 is 2.54 bits per heavy atom. The van der Waals surface area contributed by atoms with Gasteiger partial charge in [-0.15, -0.1) is 0 Å². The van der Waals surface area contributed by atoms with Crippen molar-refractivity contribution in [2.75, 3.05) is 18.6 Å². The van der Waals surface area contributed by atoms with Crippen molar-refractivity contribution in [3.63, 3.8) is 0 Å². The monoisotopic (exact) mass is 539 g/mol. The zero-order valence-corrected chi connectivity index (χ0v) is 23.0. The first-order chi connectivity index (χ1) is 17.5. The fourth-order valence-electron chi connectivity index (χ4n) is 4.92. The molecule has 1 N–H and O–H groups in total. The van der Waals surface area contributed by atoms with Crippen LogP contribution in [0.3, 0.4) is 0 Å². The number of aryl methyl sites for hydroxylation is 1. The average Bonchev–Trinajstić information content (AvgIpc) is 3.15. The first-order valence-corrected chi connectivity index (χ1v) is 14.4. The van der Waals surface area contributed by atoms with E-state index in [1.54, 1.807) is 37.2 Å². The maximum atomic E-state index is 11.9. The molecule has 0 atom stereocenters. The third-order valence-electron chi connectivity index (χ3n) is 7.12. The van der Waals surface area contributed by atoms with Crippen LogP contribution in [0.4, 0.5) is 11.6 Å². The molecule has 0 aliphatic heterocycles. The number of hydrogen-bond acceptors (Lipinski definition) is 7. The second kappa shape index (κ2) is 9.66. The van der Waals surface area contributed by atoms with Gasteiger partial charge in [-0.05, 0) is 53.3 Å². The summed E-state index contributed by atoms with van der Waals surface area (Å²) in [5, 5.41) is 10.1. The quantitative estimate of drug-likeness (QED) is 0.349. The standard InChI is InChI=1S/C26H30ClN7O2S/c1-15(2)18-6-7-19(16-10-17(11-16)34(4)37(5,35)36)21-13-29-24(12-20(18)21)30-23-8-9-28-26(31-23)22-14-33(3)32-25(22)27/h6-9,12-17H,10-11H2,1-5H3,(H,28,29,30,31). The lowest BCUT2D eigenvalue weighted by Crippen LogP contribution is -2.44. The van der Waals surface area contributed by atoms with Crippen LogP contribution in [0.15, 0.2) is 42.9 Å². The van der Waals surface area contributed by atoms with E-state index in [0.29, 0.717) is 40.0 Å². The van der Waals surface area contributed by atoms with Gasteiger partial charge in [-0.1, -0.05) is 37.6 Å². The molecule has 3 aromatic heterocycles. The Hall–Kier alpha value is -3.08. The SMILES string of the molecule is CC(C)c1ccc(C2CC(N(C)S(C)(=O)=O)C2)c2cnc(Nc3ccnc(-c4cn(C)nc4Cl)n3)cc12. The van der Waals surface area contributed by atoms with Gasteiger partial charge in [-0.2, -0.15) is 5.10 Å². The summed E-state index contributed by atoms with van der Waals surface area (Å²) in [6.45, 7) is 4.35. The number of rotatable bonds is 7. The molecule has 4 aromatic rings. The van der Waals surface area contributed by atoms with Crippen LogP contribution in [-0.2, 0) is 17.1 Å². The van der Waals surface area contributed by atoms with Crippen molar-refractivity contribution < 1.29 is 8.42 Å². The molecule has 1 aliphatic rings. The van der Waals surface area contributed by atoms with E-state index >= 15 is 0 Å². The molecule has 1 fully saturated rings. The normalized spacial score (nSPS) is 17.9. The Kier molecular flexibility index (Phi) is 6.68. The largest absolute Gasteiger partial charge is 0.325 e. The molecule has 0 bridgehead atoms. The van der Waals surface area contributed by atoms with Gasteiger partial charge >= 0.3 is 0 Å². The summed E-state index contributed by atoms with van der Waals surface area (Å²) >= 11 is 6.23. The minimum Gasteiger partial charge on any atom is -0.325 e. The van der Waals surface area contributed by atoms with Crippen molar-refractivity contribution in [2.24, 2.45) is 7.05 Å². The van der Waals surface area contributed by atoms with Gasteiger partial charge in [-0.25, -0.2) is 27.7 Å². The number of anilines is 2. The van der Waals surface area contributed by atoms with E-state index < -0.39 is 10.0 Å². The van der Waals surface area contributed by atoms with Gasteiger partial charge in [0, 0.05) is 44.1 Å². The molecule has 1 aliphatic carbocycles.